The molecule has 0 unspecified atom stereocenters. The molecular weight excluding hydrogens is 474 g/mol. The molecule has 2 aromatic carbocycles. The maximum Gasteiger partial charge on any atom is 0.276 e. The SMILES string of the molecule is O=C(CCNS(=O)(=O)c1ccc(Cl)cc1)NNC(=O)COc1ccc(Br)cc1. The summed E-state index contributed by atoms with van der Waals surface area (Å²) in [5, 5.41) is 0.415. The number of hydrazine groups is 1. The maximum absolute atomic E-state index is 12.1. The number of ether oxygens (including phenoxy) is 1. The molecule has 28 heavy (non-hydrogen) atoms. The normalized spacial score (nSPS) is 10.9. The second-order valence-electron chi connectivity index (χ2n) is 5.44. The van der Waals surface area contributed by atoms with Gasteiger partial charge in [-0.2, -0.15) is 0 Å². The summed E-state index contributed by atoms with van der Waals surface area (Å²) in [5.74, 6) is -0.616. The number of hydrogen-bond donors (Lipinski definition) is 3. The van der Waals surface area contributed by atoms with Crippen LogP contribution >= 0.6 is 27.5 Å². The van der Waals surface area contributed by atoms with Gasteiger partial charge in [-0.15, -0.1) is 0 Å². The van der Waals surface area contributed by atoms with Gasteiger partial charge in [0.25, 0.3) is 5.91 Å². The molecule has 2 rings (SSSR count). The first-order valence-electron chi connectivity index (χ1n) is 7.97. The van der Waals surface area contributed by atoms with Gasteiger partial charge in [-0.05, 0) is 48.5 Å². The van der Waals surface area contributed by atoms with Crippen molar-refractivity contribution < 1.29 is 22.7 Å². The van der Waals surface area contributed by atoms with Gasteiger partial charge in [0.15, 0.2) is 6.61 Å². The lowest BCUT2D eigenvalue weighted by atomic mass is 10.3. The molecule has 0 heterocycles. The van der Waals surface area contributed by atoms with Crippen LogP contribution < -0.4 is 20.3 Å². The Morgan fingerprint density at radius 2 is 1.57 bits per heavy atom. The quantitative estimate of drug-likeness (QED) is 0.490. The van der Waals surface area contributed by atoms with Crippen molar-refractivity contribution in [1.29, 1.82) is 0 Å². The zero-order valence-electron chi connectivity index (χ0n) is 14.4. The van der Waals surface area contributed by atoms with E-state index in [0.717, 1.165) is 4.47 Å². The van der Waals surface area contributed by atoms with Crippen molar-refractivity contribution in [2.75, 3.05) is 13.2 Å². The third-order valence-corrected chi connectivity index (χ3v) is 5.55. The van der Waals surface area contributed by atoms with Crippen LogP contribution in [-0.4, -0.2) is 33.4 Å². The molecule has 11 heteroatoms. The minimum absolute atomic E-state index is 0.0377. The number of nitrogens with one attached hydrogen (secondary N) is 3. The van der Waals surface area contributed by atoms with Gasteiger partial charge in [-0.25, -0.2) is 13.1 Å². The van der Waals surface area contributed by atoms with Crippen molar-refractivity contribution in [3.63, 3.8) is 0 Å². The van der Waals surface area contributed by atoms with Crippen molar-refractivity contribution in [3.8, 4) is 5.75 Å². The van der Waals surface area contributed by atoms with Crippen LogP contribution in [-0.2, 0) is 19.6 Å². The molecule has 0 aromatic heterocycles. The Labute approximate surface area is 175 Å². The van der Waals surface area contributed by atoms with Crippen molar-refractivity contribution in [3.05, 3.63) is 58.0 Å². The molecule has 2 amide bonds. The number of rotatable bonds is 8. The van der Waals surface area contributed by atoms with Crippen molar-refractivity contribution in [2.24, 2.45) is 0 Å². The fraction of sp³-hybridized carbons (Fsp3) is 0.176. The van der Waals surface area contributed by atoms with Crippen LogP contribution in [0, 0.1) is 0 Å². The van der Waals surface area contributed by atoms with Gasteiger partial charge < -0.3 is 4.74 Å². The predicted octanol–water partition coefficient (Wildman–Crippen LogP) is 2.00. The van der Waals surface area contributed by atoms with Crippen LogP contribution in [0.5, 0.6) is 5.75 Å². The Bertz CT molecular complexity index is 921. The van der Waals surface area contributed by atoms with Gasteiger partial charge in [-0.3, -0.25) is 20.4 Å². The second kappa shape index (κ2) is 10.4. The fourth-order valence-corrected chi connectivity index (χ4v) is 3.34. The number of carbonyl (C=O) groups is 2. The Morgan fingerprint density at radius 3 is 2.21 bits per heavy atom. The van der Waals surface area contributed by atoms with Crippen molar-refractivity contribution in [2.45, 2.75) is 11.3 Å². The van der Waals surface area contributed by atoms with Crippen molar-refractivity contribution in [1.82, 2.24) is 15.6 Å². The van der Waals surface area contributed by atoms with E-state index in [0.29, 0.717) is 10.8 Å². The highest BCUT2D eigenvalue weighted by molar-refractivity contribution is 9.10. The molecule has 2 aromatic rings. The van der Waals surface area contributed by atoms with Gasteiger partial charge in [0.2, 0.25) is 15.9 Å². The third kappa shape index (κ3) is 7.47. The first-order chi connectivity index (χ1) is 13.3. The number of sulfonamides is 1. The predicted molar refractivity (Wildman–Crippen MR) is 107 cm³/mol. The maximum atomic E-state index is 12.1. The highest BCUT2D eigenvalue weighted by Crippen LogP contribution is 2.16. The summed E-state index contributed by atoms with van der Waals surface area (Å²) < 4.78 is 32.5. The zero-order valence-corrected chi connectivity index (χ0v) is 17.6. The Balaban J connectivity index is 1.67. The molecule has 0 fully saturated rings. The van der Waals surface area contributed by atoms with Gasteiger partial charge in [0.1, 0.15) is 5.75 Å². The summed E-state index contributed by atoms with van der Waals surface area (Å²) in [7, 11) is -3.75. The van der Waals surface area contributed by atoms with E-state index >= 15 is 0 Å². The first kappa shape index (κ1) is 22.2. The van der Waals surface area contributed by atoms with E-state index < -0.39 is 21.8 Å². The molecule has 3 N–H and O–H groups in total. The molecule has 0 saturated carbocycles. The standard InChI is InChI=1S/C17H17BrClN3O5S/c18-12-1-5-14(6-2-12)27-11-17(24)22-21-16(23)9-10-20-28(25,26)15-7-3-13(19)4-8-15/h1-8,20H,9-11H2,(H,21,23)(H,22,24). The second-order valence-corrected chi connectivity index (χ2v) is 8.56. The fourth-order valence-electron chi connectivity index (χ4n) is 1.91. The number of carbonyl (C=O) groups excluding carboxylic acids is 2. The average molecular weight is 491 g/mol. The van der Waals surface area contributed by atoms with Gasteiger partial charge in [-0.1, -0.05) is 27.5 Å². The molecule has 0 aliphatic heterocycles. The number of halogens is 2. The number of hydrogen-bond acceptors (Lipinski definition) is 5. The highest BCUT2D eigenvalue weighted by atomic mass is 79.9. The van der Waals surface area contributed by atoms with Gasteiger partial charge >= 0.3 is 0 Å². The summed E-state index contributed by atoms with van der Waals surface area (Å²) >= 11 is 9.00. The summed E-state index contributed by atoms with van der Waals surface area (Å²) in [5.41, 5.74) is 4.37. The van der Waals surface area contributed by atoms with E-state index in [-0.39, 0.29) is 24.5 Å². The van der Waals surface area contributed by atoms with Gasteiger partial charge in [0, 0.05) is 22.5 Å². The molecule has 0 atom stereocenters. The average Bonchev–Trinajstić information content (AvgIpc) is 2.66. The van der Waals surface area contributed by atoms with E-state index in [1.807, 2.05) is 0 Å². The van der Waals surface area contributed by atoms with Crippen LogP contribution in [0.3, 0.4) is 0 Å². The van der Waals surface area contributed by atoms with Crippen LogP contribution in [0.2, 0.25) is 5.02 Å². The van der Waals surface area contributed by atoms with E-state index in [9.17, 15) is 18.0 Å². The van der Waals surface area contributed by atoms with Crippen molar-refractivity contribution >= 4 is 49.4 Å². The highest BCUT2D eigenvalue weighted by Gasteiger charge is 2.14. The molecule has 0 saturated heterocycles. The zero-order chi connectivity index (χ0) is 20.6. The lowest BCUT2D eigenvalue weighted by Gasteiger charge is -2.10. The van der Waals surface area contributed by atoms with Gasteiger partial charge in [0.05, 0.1) is 4.90 Å². The third-order valence-electron chi connectivity index (χ3n) is 3.29. The molecule has 0 aliphatic rings. The summed E-state index contributed by atoms with van der Waals surface area (Å²) in [6.07, 6.45) is -0.166. The molecule has 0 spiro atoms. The molecule has 8 nitrogen and oxygen atoms in total. The summed E-state index contributed by atoms with van der Waals surface area (Å²) in [6, 6.07) is 12.5. The molecular formula is C17H17BrClN3O5S. The monoisotopic (exact) mass is 489 g/mol. The summed E-state index contributed by atoms with van der Waals surface area (Å²) in [6.45, 7) is -0.423. The van der Waals surface area contributed by atoms with E-state index in [4.69, 9.17) is 16.3 Å². The Morgan fingerprint density at radius 1 is 0.964 bits per heavy atom. The number of amides is 2. The van der Waals surface area contributed by atoms with Crippen LogP contribution in [0.25, 0.3) is 0 Å². The minimum Gasteiger partial charge on any atom is -0.484 e. The Kier molecular flexibility index (Phi) is 8.24. The number of benzene rings is 2. The lowest BCUT2D eigenvalue weighted by Crippen LogP contribution is -2.44. The largest absolute Gasteiger partial charge is 0.484 e. The van der Waals surface area contributed by atoms with Crippen LogP contribution in [0.15, 0.2) is 57.9 Å². The van der Waals surface area contributed by atoms with E-state index in [1.54, 1.807) is 24.3 Å². The molecule has 0 radical (unpaired) electrons. The smallest absolute Gasteiger partial charge is 0.276 e. The Hall–Kier alpha value is -2.14. The molecule has 0 bridgehead atoms. The lowest BCUT2D eigenvalue weighted by molar-refractivity contribution is -0.129. The molecule has 150 valence electrons. The van der Waals surface area contributed by atoms with E-state index in [1.165, 1.54) is 24.3 Å². The summed E-state index contributed by atoms with van der Waals surface area (Å²) in [4.78, 5) is 23.4. The first-order valence-corrected chi connectivity index (χ1v) is 10.6. The topological polar surface area (TPSA) is 114 Å². The van der Waals surface area contributed by atoms with Crippen LogP contribution in [0.4, 0.5) is 0 Å². The molecule has 0 aliphatic carbocycles. The minimum atomic E-state index is -3.75. The van der Waals surface area contributed by atoms with Crippen LogP contribution in [0.1, 0.15) is 6.42 Å². The van der Waals surface area contributed by atoms with E-state index in [2.05, 4.69) is 31.5 Å².